The van der Waals surface area contributed by atoms with E-state index in [4.69, 9.17) is 14.6 Å². The van der Waals surface area contributed by atoms with E-state index in [1.807, 2.05) is 38.1 Å². The first-order valence-corrected chi connectivity index (χ1v) is 11.5. The van der Waals surface area contributed by atoms with Crippen LogP contribution in [0.1, 0.15) is 58.6 Å². The Labute approximate surface area is 182 Å². The Bertz CT molecular complexity index is 910. The predicted molar refractivity (Wildman–Crippen MR) is 119 cm³/mol. The number of anilines is 1. The van der Waals surface area contributed by atoms with Gasteiger partial charge in [0, 0.05) is 17.0 Å². The summed E-state index contributed by atoms with van der Waals surface area (Å²) in [6, 6.07) is 7.27. The van der Waals surface area contributed by atoms with E-state index >= 15 is 0 Å². The van der Waals surface area contributed by atoms with Crippen molar-refractivity contribution < 1.29 is 14.3 Å². The van der Waals surface area contributed by atoms with Crippen LogP contribution < -0.4 is 10.1 Å². The minimum Gasteiger partial charge on any atom is -0.494 e. The first kappa shape index (κ1) is 22.2. The molecule has 0 saturated carbocycles. The maximum atomic E-state index is 12.9. The molecule has 1 aliphatic heterocycles. The smallest absolute Gasteiger partial charge is 0.338 e. The average Bonchev–Trinajstić information content (AvgIpc) is 3.13. The van der Waals surface area contributed by atoms with Crippen LogP contribution >= 0.6 is 11.8 Å². The Morgan fingerprint density at radius 2 is 2.00 bits per heavy atom. The third-order valence-electron chi connectivity index (χ3n) is 4.82. The molecular formula is C22H30N4O3S. The first-order valence-electron chi connectivity index (χ1n) is 10.6. The van der Waals surface area contributed by atoms with Crippen LogP contribution in [0.15, 0.2) is 40.7 Å². The van der Waals surface area contributed by atoms with Crippen LogP contribution in [0.25, 0.3) is 0 Å². The molecule has 1 aliphatic rings. The highest BCUT2D eigenvalue weighted by atomic mass is 32.2. The summed E-state index contributed by atoms with van der Waals surface area (Å²) in [6.07, 6.45) is 3.49. The number of fused-ring (bicyclic) bond motifs is 1. The van der Waals surface area contributed by atoms with Crippen molar-refractivity contribution in [3.05, 3.63) is 41.1 Å². The number of nitrogens with one attached hydrogen (secondary N) is 1. The average molecular weight is 431 g/mol. The fourth-order valence-electron chi connectivity index (χ4n) is 3.46. The number of carbonyl (C=O) groups is 1. The van der Waals surface area contributed by atoms with Crippen molar-refractivity contribution in [2.45, 2.75) is 58.2 Å². The largest absolute Gasteiger partial charge is 0.494 e. The van der Waals surface area contributed by atoms with E-state index in [2.05, 4.69) is 17.2 Å². The molecule has 30 heavy (non-hydrogen) atoms. The highest BCUT2D eigenvalue weighted by Crippen LogP contribution is 2.40. The molecule has 1 aromatic carbocycles. The van der Waals surface area contributed by atoms with Crippen molar-refractivity contribution in [2.24, 2.45) is 0 Å². The van der Waals surface area contributed by atoms with Gasteiger partial charge in [0.25, 0.3) is 0 Å². The molecule has 1 N–H and O–H groups in total. The minimum atomic E-state index is -0.472. The van der Waals surface area contributed by atoms with Gasteiger partial charge in [-0.15, -0.1) is 5.10 Å². The van der Waals surface area contributed by atoms with Gasteiger partial charge < -0.3 is 14.8 Å². The number of thioether (sulfide) groups is 1. The van der Waals surface area contributed by atoms with E-state index < -0.39 is 6.04 Å². The lowest BCUT2D eigenvalue weighted by atomic mass is 9.95. The van der Waals surface area contributed by atoms with Crippen LogP contribution in [0, 0.1) is 0 Å². The van der Waals surface area contributed by atoms with E-state index in [1.165, 1.54) is 12.8 Å². The highest BCUT2D eigenvalue weighted by Gasteiger charge is 2.36. The zero-order valence-corrected chi connectivity index (χ0v) is 18.9. The maximum absolute atomic E-state index is 12.9. The Hall–Kier alpha value is -2.48. The SMILES string of the molecule is CCCCCSc1nc2n(n1)[C@@H](c1ccccc1OCC)C(C(=O)OCC)=C(C)N2. The van der Waals surface area contributed by atoms with Gasteiger partial charge in [-0.1, -0.05) is 49.7 Å². The lowest BCUT2D eigenvalue weighted by Gasteiger charge is -2.29. The second-order valence-corrected chi connectivity index (χ2v) is 8.04. The minimum absolute atomic E-state index is 0.304. The van der Waals surface area contributed by atoms with Gasteiger partial charge in [-0.25, -0.2) is 9.48 Å². The summed E-state index contributed by atoms with van der Waals surface area (Å²) in [5.41, 5.74) is 2.09. The molecule has 0 fully saturated rings. The summed E-state index contributed by atoms with van der Waals surface area (Å²) in [5, 5.41) is 8.68. The molecule has 1 atom stereocenters. The first-order chi connectivity index (χ1) is 14.6. The molecule has 0 bridgehead atoms. The molecule has 162 valence electrons. The second-order valence-electron chi connectivity index (χ2n) is 6.98. The van der Waals surface area contributed by atoms with Gasteiger partial charge in [0.2, 0.25) is 11.1 Å². The molecule has 0 aliphatic carbocycles. The molecule has 7 nitrogen and oxygen atoms in total. The van der Waals surface area contributed by atoms with Crippen LogP contribution in [-0.2, 0) is 9.53 Å². The number of unbranched alkanes of at least 4 members (excludes halogenated alkanes) is 2. The third kappa shape index (κ3) is 4.80. The molecule has 2 heterocycles. The summed E-state index contributed by atoms with van der Waals surface area (Å²) >= 11 is 1.64. The Morgan fingerprint density at radius 3 is 2.73 bits per heavy atom. The van der Waals surface area contributed by atoms with Gasteiger partial charge in [-0.2, -0.15) is 4.98 Å². The quantitative estimate of drug-likeness (QED) is 0.329. The van der Waals surface area contributed by atoms with E-state index in [9.17, 15) is 4.79 Å². The number of rotatable bonds is 10. The van der Waals surface area contributed by atoms with Crippen LogP contribution in [0.3, 0.4) is 0 Å². The highest BCUT2D eigenvalue weighted by molar-refractivity contribution is 7.99. The molecule has 2 aromatic rings. The number of allylic oxidation sites excluding steroid dienone is 1. The Kier molecular flexibility index (Phi) is 7.79. The lowest BCUT2D eigenvalue weighted by molar-refractivity contribution is -0.139. The fraction of sp³-hybridized carbons (Fsp3) is 0.500. The van der Waals surface area contributed by atoms with E-state index in [1.54, 1.807) is 23.4 Å². The number of ether oxygens (including phenoxy) is 2. The van der Waals surface area contributed by atoms with Crippen molar-refractivity contribution in [1.82, 2.24) is 14.8 Å². The zero-order valence-electron chi connectivity index (χ0n) is 18.1. The number of esters is 1. The summed E-state index contributed by atoms with van der Waals surface area (Å²) in [4.78, 5) is 17.6. The molecule has 0 radical (unpaired) electrons. The number of aromatic nitrogens is 3. The maximum Gasteiger partial charge on any atom is 0.338 e. The third-order valence-corrected chi connectivity index (χ3v) is 5.74. The monoisotopic (exact) mass is 430 g/mol. The van der Waals surface area contributed by atoms with Gasteiger partial charge in [-0.3, -0.25) is 0 Å². The molecule has 0 amide bonds. The molecule has 0 saturated heterocycles. The molecular weight excluding hydrogens is 400 g/mol. The summed E-state index contributed by atoms with van der Waals surface area (Å²) in [7, 11) is 0. The second kappa shape index (κ2) is 10.5. The Balaban J connectivity index is 2.03. The van der Waals surface area contributed by atoms with E-state index in [0.717, 1.165) is 23.5 Å². The molecule has 8 heteroatoms. The number of hydrogen-bond donors (Lipinski definition) is 1. The topological polar surface area (TPSA) is 78.3 Å². The van der Waals surface area contributed by atoms with E-state index in [0.29, 0.717) is 35.6 Å². The molecule has 0 unspecified atom stereocenters. The Morgan fingerprint density at radius 1 is 1.20 bits per heavy atom. The number of benzene rings is 1. The summed E-state index contributed by atoms with van der Waals surface area (Å²) in [6.45, 7) is 8.64. The number of para-hydroxylation sites is 1. The van der Waals surface area contributed by atoms with Crippen molar-refractivity contribution in [3.8, 4) is 5.75 Å². The summed E-state index contributed by atoms with van der Waals surface area (Å²) < 4.78 is 13.0. The fourth-order valence-corrected chi connectivity index (χ4v) is 4.29. The molecule has 1 aromatic heterocycles. The van der Waals surface area contributed by atoms with Crippen molar-refractivity contribution in [3.63, 3.8) is 0 Å². The molecule has 0 spiro atoms. The van der Waals surface area contributed by atoms with Crippen LogP contribution in [0.4, 0.5) is 5.95 Å². The number of nitrogens with zero attached hydrogens (tertiary/aromatic N) is 3. The van der Waals surface area contributed by atoms with Gasteiger partial charge in [0.1, 0.15) is 11.8 Å². The number of hydrogen-bond acceptors (Lipinski definition) is 7. The van der Waals surface area contributed by atoms with Gasteiger partial charge in [0.15, 0.2) is 0 Å². The standard InChI is InChI=1S/C22H30N4O3S/c1-5-8-11-14-30-22-24-21-23-15(4)18(20(27)29-7-3)19(26(21)25-22)16-12-9-10-13-17(16)28-6-2/h9-10,12-13,19H,5-8,11,14H2,1-4H3,(H,23,24,25)/t19-/m0/s1. The zero-order chi connectivity index (χ0) is 21.5. The van der Waals surface area contributed by atoms with Crippen molar-refractivity contribution in [1.29, 1.82) is 0 Å². The van der Waals surface area contributed by atoms with Crippen molar-refractivity contribution in [2.75, 3.05) is 24.3 Å². The normalized spacial score (nSPS) is 15.5. The summed E-state index contributed by atoms with van der Waals surface area (Å²) in [5.74, 6) is 1.95. The molecule has 3 rings (SSSR count). The van der Waals surface area contributed by atoms with Crippen LogP contribution in [0.2, 0.25) is 0 Å². The van der Waals surface area contributed by atoms with Gasteiger partial charge in [0.05, 0.1) is 18.8 Å². The van der Waals surface area contributed by atoms with Gasteiger partial charge in [-0.05, 0) is 33.3 Å². The van der Waals surface area contributed by atoms with Crippen LogP contribution in [-0.4, -0.2) is 39.7 Å². The van der Waals surface area contributed by atoms with Crippen molar-refractivity contribution >= 4 is 23.7 Å². The van der Waals surface area contributed by atoms with E-state index in [-0.39, 0.29) is 5.97 Å². The van der Waals surface area contributed by atoms with Crippen LogP contribution in [0.5, 0.6) is 5.75 Å². The predicted octanol–water partition coefficient (Wildman–Crippen LogP) is 4.81. The number of carbonyl (C=O) groups excluding carboxylic acids is 1. The van der Waals surface area contributed by atoms with Gasteiger partial charge >= 0.3 is 5.97 Å². The lowest BCUT2D eigenvalue weighted by Crippen LogP contribution is -2.30.